The SMILES string of the molecule is Clc1ccc(NCCOCC2CCCCC2)cc1. The van der Waals surface area contributed by atoms with Crippen LogP contribution < -0.4 is 5.32 Å². The number of ether oxygens (including phenoxy) is 1. The predicted octanol–water partition coefficient (Wildman–Crippen LogP) is 4.35. The maximum absolute atomic E-state index is 5.83. The Morgan fingerprint density at radius 1 is 1.11 bits per heavy atom. The normalized spacial score (nSPS) is 16.7. The highest BCUT2D eigenvalue weighted by atomic mass is 35.5. The topological polar surface area (TPSA) is 21.3 Å². The van der Waals surface area contributed by atoms with Gasteiger partial charge in [0, 0.05) is 23.9 Å². The Balaban J connectivity index is 1.54. The molecule has 1 aliphatic carbocycles. The number of rotatable bonds is 6. The van der Waals surface area contributed by atoms with Crippen LogP contribution in [0.3, 0.4) is 0 Å². The molecule has 1 saturated carbocycles. The summed E-state index contributed by atoms with van der Waals surface area (Å²) in [6.45, 7) is 2.57. The van der Waals surface area contributed by atoms with E-state index in [4.69, 9.17) is 16.3 Å². The molecular weight excluding hydrogens is 246 g/mol. The van der Waals surface area contributed by atoms with Crippen molar-refractivity contribution in [3.8, 4) is 0 Å². The molecule has 100 valence electrons. The van der Waals surface area contributed by atoms with Gasteiger partial charge < -0.3 is 10.1 Å². The highest BCUT2D eigenvalue weighted by Gasteiger charge is 2.12. The first-order valence-corrected chi connectivity index (χ1v) is 7.29. The van der Waals surface area contributed by atoms with Crippen LogP contribution in [0, 0.1) is 5.92 Å². The molecular formula is C15H22ClNO. The number of hydrogen-bond donors (Lipinski definition) is 1. The maximum atomic E-state index is 5.83. The molecule has 0 unspecified atom stereocenters. The summed E-state index contributed by atoms with van der Waals surface area (Å²) in [6, 6.07) is 7.77. The van der Waals surface area contributed by atoms with Gasteiger partial charge in [0.2, 0.25) is 0 Å². The first-order valence-electron chi connectivity index (χ1n) is 6.92. The van der Waals surface area contributed by atoms with Crippen molar-refractivity contribution in [2.45, 2.75) is 32.1 Å². The fourth-order valence-corrected chi connectivity index (χ4v) is 2.57. The van der Waals surface area contributed by atoms with E-state index in [9.17, 15) is 0 Å². The molecule has 1 aromatic rings. The molecule has 1 fully saturated rings. The van der Waals surface area contributed by atoms with Crippen molar-refractivity contribution in [2.24, 2.45) is 5.92 Å². The fourth-order valence-electron chi connectivity index (χ4n) is 2.44. The molecule has 0 radical (unpaired) electrons. The smallest absolute Gasteiger partial charge is 0.0639 e. The second-order valence-corrected chi connectivity index (χ2v) is 5.45. The number of halogens is 1. The van der Waals surface area contributed by atoms with Gasteiger partial charge in [0.1, 0.15) is 0 Å². The van der Waals surface area contributed by atoms with E-state index in [1.807, 2.05) is 24.3 Å². The van der Waals surface area contributed by atoms with Gasteiger partial charge in [-0.05, 0) is 43.0 Å². The van der Waals surface area contributed by atoms with Crippen LogP contribution in [0.15, 0.2) is 24.3 Å². The number of benzene rings is 1. The lowest BCUT2D eigenvalue weighted by Crippen LogP contribution is -2.16. The molecule has 2 rings (SSSR count). The standard InChI is InChI=1S/C15H22ClNO/c16-14-6-8-15(9-7-14)17-10-11-18-12-13-4-2-1-3-5-13/h6-9,13,17H,1-5,10-12H2. The Bertz CT molecular complexity index is 333. The molecule has 0 aromatic heterocycles. The maximum Gasteiger partial charge on any atom is 0.0639 e. The monoisotopic (exact) mass is 267 g/mol. The van der Waals surface area contributed by atoms with Crippen molar-refractivity contribution in [1.82, 2.24) is 0 Å². The lowest BCUT2D eigenvalue weighted by atomic mass is 9.90. The van der Waals surface area contributed by atoms with E-state index in [1.165, 1.54) is 32.1 Å². The fraction of sp³-hybridized carbons (Fsp3) is 0.600. The Hall–Kier alpha value is -0.730. The van der Waals surface area contributed by atoms with Crippen LogP contribution in [-0.2, 0) is 4.74 Å². The van der Waals surface area contributed by atoms with Crippen LogP contribution in [0.4, 0.5) is 5.69 Å². The van der Waals surface area contributed by atoms with Crippen molar-refractivity contribution in [2.75, 3.05) is 25.1 Å². The van der Waals surface area contributed by atoms with E-state index in [1.54, 1.807) is 0 Å². The third kappa shape index (κ3) is 4.87. The molecule has 0 heterocycles. The van der Waals surface area contributed by atoms with Gasteiger partial charge in [-0.3, -0.25) is 0 Å². The first-order chi connectivity index (χ1) is 8.84. The largest absolute Gasteiger partial charge is 0.383 e. The second-order valence-electron chi connectivity index (χ2n) is 5.01. The molecule has 0 atom stereocenters. The molecule has 18 heavy (non-hydrogen) atoms. The van der Waals surface area contributed by atoms with Gasteiger partial charge in [0.25, 0.3) is 0 Å². The minimum Gasteiger partial charge on any atom is -0.383 e. The minimum atomic E-state index is 0.772. The van der Waals surface area contributed by atoms with Gasteiger partial charge in [-0.2, -0.15) is 0 Å². The van der Waals surface area contributed by atoms with Crippen molar-refractivity contribution < 1.29 is 4.74 Å². The number of nitrogens with one attached hydrogen (secondary N) is 1. The zero-order valence-electron chi connectivity index (χ0n) is 10.8. The summed E-state index contributed by atoms with van der Waals surface area (Å²) in [5, 5.41) is 4.10. The van der Waals surface area contributed by atoms with Gasteiger partial charge in [-0.25, -0.2) is 0 Å². The van der Waals surface area contributed by atoms with Crippen LogP contribution in [-0.4, -0.2) is 19.8 Å². The van der Waals surface area contributed by atoms with Gasteiger partial charge >= 0.3 is 0 Å². The second kappa shape index (κ2) is 7.65. The Morgan fingerprint density at radius 3 is 2.56 bits per heavy atom. The first kappa shape index (κ1) is 13.7. The highest BCUT2D eigenvalue weighted by molar-refractivity contribution is 6.30. The molecule has 1 aromatic carbocycles. The average molecular weight is 268 g/mol. The molecule has 0 spiro atoms. The summed E-state index contributed by atoms with van der Waals surface area (Å²) in [7, 11) is 0. The molecule has 0 amide bonds. The molecule has 0 aliphatic heterocycles. The third-order valence-corrected chi connectivity index (χ3v) is 3.75. The van der Waals surface area contributed by atoms with E-state index in [2.05, 4.69) is 5.32 Å². The molecule has 1 N–H and O–H groups in total. The quantitative estimate of drug-likeness (QED) is 0.774. The molecule has 0 bridgehead atoms. The van der Waals surface area contributed by atoms with E-state index >= 15 is 0 Å². The summed E-state index contributed by atoms with van der Waals surface area (Å²) in [5.74, 6) is 0.800. The van der Waals surface area contributed by atoms with E-state index in [-0.39, 0.29) is 0 Å². The van der Waals surface area contributed by atoms with Gasteiger partial charge in [-0.15, -0.1) is 0 Å². The molecule has 3 heteroatoms. The van der Waals surface area contributed by atoms with E-state index in [0.717, 1.165) is 36.4 Å². The van der Waals surface area contributed by atoms with Crippen LogP contribution in [0.1, 0.15) is 32.1 Å². The highest BCUT2D eigenvalue weighted by Crippen LogP contribution is 2.23. The van der Waals surface area contributed by atoms with Crippen molar-refractivity contribution in [3.63, 3.8) is 0 Å². The third-order valence-electron chi connectivity index (χ3n) is 3.50. The van der Waals surface area contributed by atoms with Crippen molar-refractivity contribution >= 4 is 17.3 Å². The van der Waals surface area contributed by atoms with E-state index in [0.29, 0.717) is 0 Å². The van der Waals surface area contributed by atoms with Crippen LogP contribution >= 0.6 is 11.6 Å². The average Bonchev–Trinajstić information content (AvgIpc) is 2.42. The Labute approximate surface area is 115 Å². The van der Waals surface area contributed by atoms with Gasteiger partial charge in [0.05, 0.1) is 6.61 Å². The summed E-state index contributed by atoms with van der Waals surface area (Å²) in [4.78, 5) is 0. The van der Waals surface area contributed by atoms with E-state index < -0.39 is 0 Å². The van der Waals surface area contributed by atoms with Crippen LogP contribution in [0.5, 0.6) is 0 Å². The number of hydrogen-bond acceptors (Lipinski definition) is 2. The number of anilines is 1. The summed E-state index contributed by atoms with van der Waals surface area (Å²) in [5.41, 5.74) is 1.10. The predicted molar refractivity (Wildman–Crippen MR) is 77.3 cm³/mol. The molecule has 0 saturated heterocycles. The minimum absolute atomic E-state index is 0.772. The van der Waals surface area contributed by atoms with Gasteiger partial charge in [-0.1, -0.05) is 30.9 Å². The summed E-state index contributed by atoms with van der Waals surface area (Å²) >= 11 is 5.83. The Morgan fingerprint density at radius 2 is 1.83 bits per heavy atom. The lowest BCUT2D eigenvalue weighted by molar-refractivity contribution is 0.0924. The zero-order chi connectivity index (χ0) is 12.6. The van der Waals surface area contributed by atoms with Crippen LogP contribution in [0.25, 0.3) is 0 Å². The Kier molecular flexibility index (Phi) is 5.82. The van der Waals surface area contributed by atoms with Crippen molar-refractivity contribution in [1.29, 1.82) is 0 Å². The van der Waals surface area contributed by atoms with Crippen LogP contribution in [0.2, 0.25) is 5.02 Å². The van der Waals surface area contributed by atoms with Gasteiger partial charge in [0.15, 0.2) is 0 Å². The lowest BCUT2D eigenvalue weighted by Gasteiger charge is -2.21. The molecule has 1 aliphatic rings. The van der Waals surface area contributed by atoms with Crippen molar-refractivity contribution in [3.05, 3.63) is 29.3 Å². The zero-order valence-corrected chi connectivity index (χ0v) is 11.6. The molecule has 2 nitrogen and oxygen atoms in total. The summed E-state index contributed by atoms with van der Waals surface area (Å²) in [6.07, 6.45) is 6.89. The summed E-state index contributed by atoms with van der Waals surface area (Å²) < 4.78 is 5.73.